The van der Waals surface area contributed by atoms with Crippen LogP contribution in [0.3, 0.4) is 0 Å². The van der Waals surface area contributed by atoms with Crippen LogP contribution in [0.2, 0.25) is 0 Å². The summed E-state index contributed by atoms with van der Waals surface area (Å²) in [5, 5.41) is 15.1. The molecule has 13 heteroatoms. The number of esters is 3. The monoisotopic (exact) mass is 471 g/mol. The Hall–Kier alpha value is -3.19. The Bertz CT molecular complexity index is 963. The van der Waals surface area contributed by atoms with Crippen molar-refractivity contribution in [3.63, 3.8) is 0 Å². The van der Waals surface area contributed by atoms with Crippen LogP contribution in [0.5, 0.6) is 0 Å². The minimum atomic E-state index is -1.30. The first-order chi connectivity index (χ1) is 17.3. The SMILES string of the molecule is [2H]CCC(=O)OC[C@H]1OC(n2cnc3c2NCC(O)NC3=O)[C@H](OC(=O)CC[2H])[C@@H]1OC(=O)CC[2H]. The molecule has 1 amide bonds. The highest BCUT2D eigenvalue weighted by atomic mass is 16.7. The smallest absolute Gasteiger partial charge is 0.306 e. The molecule has 2 aliphatic heterocycles. The number of β-amino-alcohol motifs (C(OH)–C–C–N with tert-alkyl or cyclic N) is 1. The van der Waals surface area contributed by atoms with Crippen LogP contribution in [0, 0.1) is 0 Å². The second-order valence-corrected chi connectivity index (χ2v) is 7.13. The van der Waals surface area contributed by atoms with Crippen LogP contribution < -0.4 is 10.6 Å². The number of nitrogens with zero attached hydrogens (tertiary/aromatic N) is 2. The van der Waals surface area contributed by atoms with Gasteiger partial charge in [0.2, 0.25) is 0 Å². The third-order valence-corrected chi connectivity index (χ3v) is 4.89. The molecule has 3 heterocycles. The lowest BCUT2D eigenvalue weighted by atomic mass is 10.1. The van der Waals surface area contributed by atoms with E-state index in [0.29, 0.717) is 0 Å². The summed E-state index contributed by atoms with van der Waals surface area (Å²) in [5.41, 5.74) is -0.0699. The van der Waals surface area contributed by atoms with Crippen molar-refractivity contribution in [3.05, 3.63) is 12.0 Å². The van der Waals surface area contributed by atoms with Gasteiger partial charge in [0.05, 0.1) is 12.9 Å². The van der Waals surface area contributed by atoms with Crippen molar-refractivity contribution in [2.75, 3.05) is 18.5 Å². The topological polar surface area (TPSA) is 167 Å². The molecule has 1 aromatic heterocycles. The number of hydrogen-bond donors (Lipinski definition) is 3. The lowest BCUT2D eigenvalue weighted by molar-refractivity contribution is -0.169. The van der Waals surface area contributed by atoms with Crippen molar-refractivity contribution in [1.29, 1.82) is 0 Å². The molecule has 13 nitrogen and oxygen atoms in total. The van der Waals surface area contributed by atoms with Crippen LogP contribution >= 0.6 is 0 Å². The molecule has 5 atom stereocenters. The quantitative estimate of drug-likeness (QED) is 0.341. The molecule has 0 aromatic carbocycles. The number of aromatic nitrogens is 2. The number of carbonyl (C=O) groups excluding carboxylic acids is 4. The molecule has 2 aliphatic rings. The normalized spacial score (nSPS) is 27.6. The molecule has 1 aromatic rings. The maximum Gasteiger partial charge on any atom is 0.306 e. The Morgan fingerprint density at radius 1 is 1.18 bits per heavy atom. The van der Waals surface area contributed by atoms with Crippen molar-refractivity contribution < 1.29 is 47.3 Å². The number of ether oxygens (including phenoxy) is 4. The summed E-state index contributed by atoms with van der Waals surface area (Å²) in [6.45, 7) is -1.17. The Morgan fingerprint density at radius 2 is 1.85 bits per heavy atom. The second kappa shape index (κ2) is 10.6. The molecule has 3 rings (SSSR count). The molecule has 3 N–H and O–H groups in total. The van der Waals surface area contributed by atoms with Gasteiger partial charge in [-0.25, -0.2) is 4.98 Å². The molecule has 0 radical (unpaired) electrons. The average Bonchev–Trinajstić information content (AvgIpc) is 3.34. The zero-order chi connectivity index (χ0) is 26.2. The van der Waals surface area contributed by atoms with Crippen LogP contribution in [0.1, 0.15) is 60.8 Å². The molecule has 0 aliphatic carbocycles. The maximum absolute atomic E-state index is 12.4. The Balaban J connectivity index is 1.96. The molecule has 1 fully saturated rings. The van der Waals surface area contributed by atoms with Gasteiger partial charge in [-0.3, -0.25) is 23.7 Å². The fraction of sp³-hybridized carbons (Fsp3) is 0.650. The van der Waals surface area contributed by atoms with Gasteiger partial charge in [-0.05, 0) is 0 Å². The van der Waals surface area contributed by atoms with Crippen molar-refractivity contribution in [3.8, 4) is 0 Å². The molecule has 182 valence electrons. The van der Waals surface area contributed by atoms with E-state index in [1.807, 2.05) is 0 Å². The third kappa shape index (κ3) is 5.42. The lowest BCUT2D eigenvalue weighted by Gasteiger charge is -2.25. The Kier molecular flexibility index (Phi) is 6.57. The van der Waals surface area contributed by atoms with Gasteiger partial charge < -0.3 is 34.7 Å². The summed E-state index contributed by atoms with van der Waals surface area (Å²) in [6, 6.07) is 0. The van der Waals surface area contributed by atoms with Gasteiger partial charge in [0, 0.05) is 23.4 Å². The van der Waals surface area contributed by atoms with Gasteiger partial charge in [0.1, 0.15) is 24.8 Å². The highest BCUT2D eigenvalue weighted by Gasteiger charge is 2.51. The number of nitrogens with one attached hydrogen (secondary N) is 2. The number of fused-ring (bicyclic) bond motifs is 1. The molecule has 1 saturated heterocycles. The minimum Gasteiger partial charge on any atom is -0.463 e. The Morgan fingerprint density at radius 3 is 2.55 bits per heavy atom. The summed E-state index contributed by atoms with van der Waals surface area (Å²) in [5.74, 6) is -2.75. The predicted molar refractivity (Wildman–Crippen MR) is 110 cm³/mol. The molecule has 0 bridgehead atoms. The standard InChI is InChI=1S/C20H28N4O9/c1-4-12(26)30-8-10-16(32-13(27)5-2)17(33-14(28)6-3)20(31-10)24-9-22-15-18(24)21-7-11(25)23-19(15)29/h9-11,16-17,20-21,25H,4-8H2,1-3H3,(H,23,29)/t10-,11?,16-,17-,20?/m1/s1/i1D,2D,3D. The van der Waals surface area contributed by atoms with E-state index in [0.717, 1.165) is 0 Å². The van der Waals surface area contributed by atoms with E-state index in [9.17, 15) is 24.3 Å². The minimum absolute atomic E-state index is 0.0699. The number of amides is 1. The first-order valence-corrected chi connectivity index (χ1v) is 10.2. The van der Waals surface area contributed by atoms with Gasteiger partial charge in [0.25, 0.3) is 5.91 Å². The summed E-state index contributed by atoms with van der Waals surface area (Å²) in [6.07, 6.45) is -5.52. The van der Waals surface area contributed by atoms with E-state index < -0.39 is 61.2 Å². The molecule has 33 heavy (non-hydrogen) atoms. The number of hydrogen-bond acceptors (Lipinski definition) is 11. The number of imidazole rings is 1. The lowest BCUT2D eigenvalue weighted by Crippen LogP contribution is -2.41. The van der Waals surface area contributed by atoms with Crippen LogP contribution in [0.25, 0.3) is 0 Å². The van der Waals surface area contributed by atoms with E-state index in [1.165, 1.54) is 10.9 Å². The molecular formula is C20H28N4O9. The third-order valence-electron chi connectivity index (χ3n) is 4.89. The van der Waals surface area contributed by atoms with Gasteiger partial charge >= 0.3 is 17.9 Å². The fourth-order valence-electron chi connectivity index (χ4n) is 3.36. The van der Waals surface area contributed by atoms with Gasteiger partial charge in [-0.2, -0.15) is 0 Å². The van der Waals surface area contributed by atoms with E-state index in [1.54, 1.807) is 0 Å². The molecule has 0 saturated carbocycles. The number of aliphatic hydroxyl groups excluding tert-OH is 1. The molecule has 0 spiro atoms. The zero-order valence-electron chi connectivity index (χ0n) is 20.7. The summed E-state index contributed by atoms with van der Waals surface area (Å²) in [4.78, 5) is 52.9. The average molecular weight is 471 g/mol. The summed E-state index contributed by atoms with van der Waals surface area (Å²) < 4.78 is 45.2. The van der Waals surface area contributed by atoms with Crippen molar-refractivity contribution in [2.24, 2.45) is 0 Å². The van der Waals surface area contributed by atoms with Gasteiger partial charge in [-0.15, -0.1) is 0 Å². The first-order valence-electron chi connectivity index (χ1n) is 12.3. The Labute approximate surface area is 193 Å². The van der Waals surface area contributed by atoms with Crippen molar-refractivity contribution >= 4 is 29.6 Å². The van der Waals surface area contributed by atoms with Crippen LogP contribution in [0.4, 0.5) is 5.82 Å². The van der Waals surface area contributed by atoms with Crippen LogP contribution in [0.15, 0.2) is 6.33 Å². The zero-order valence-corrected chi connectivity index (χ0v) is 17.7. The van der Waals surface area contributed by atoms with Crippen molar-refractivity contribution in [2.45, 2.75) is 70.7 Å². The van der Waals surface area contributed by atoms with E-state index in [4.69, 9.17) is 23.1 Å². The van der Waals surface area contributed by atoms with Gasteiger partial charge in [-0.1, -0.05) is 20.7 Å². The predicted octanol–water partition coefficient (Wildman–Crippen LogP) is -0.149. The highest BCUT2D eigenvalue weighted by molar-refractivity contribution is 5.97. The van der Waals surface area contributed by atoms with Crippen LogP contribution in [-0.4, -0.2) is 76.2 Å². The van der Waals surface area contributed by atoms with E-state index in [2.05, 4.69) is 15.6 Å². The van der Waals surface area contributed by atoms with E-state index in [-0.39, 0.29) is 58.0 Å². The highest BCUT2D eigenvalue weighted by Crippen LogP contribution is 2.37. The summed E-state index contributed by atoms with van der Waals surface area (Å²) >= 11 is 0. The van der Waals surface area contributed by atoms with E-state index >= 15 is 0 Å². The summed E-state index contributed by atoms with van der Waals surface area (Å²) in [7, 11) is 0. The largest absolute Gasteiger partial charge is 0.463 e. The molecular weight excluding hydrogens is 440 g/mol. The second-order valence-electron chi connectivity index (χ2n) is 7.13. The van der Waals surface area contributed by atoms with Crippen LogP contribution in [-0.2, 0) is 33.3 Å². The van der Waals surface area contributed by atoms with Gasteiger partial charge in [0.15, 0.2) is 24.1 Å². The number of aliphatic hydroxyl groups is 1. The number of rotatable bonds is 8. The fourth-order valence-corrected chi connectivity index (χ4v) is 3.36. The maximum atomic E-state index is 12.4. The molecule has 2 unspecified atom stereocenters. The van der Waals surface area contributed by atoms with Crippen molar-refractivity contribution in [1.82, 2.24) is 14.9 Å². The number of carbonyl (C=O) groups is 4. The first kappa shape index (κ1) is 20.4. The number of anilines is 1.